The van der Waals surface area contributed by atoms with Gasteiger partial charge >= 0.3 is 12.3 Å². The van der Waals surface area contributed by atoms with E-state index in [1.165, 1.54) is 6.92 Å². The third kappa shape index (κ3) is 8.37. The molecule has 2 aromatic carbocycles. The highest BCUT2D eigenvalue weighted by Gasteiger charge is 2.32. The number of carbonyl (C=O) groups excluding carboxylic acids is 1. The van der Waals surface area contributed by atoms with E-state index in [1.54, 1.807) is 13.1 Å². The number of aliphatic carboxylic acids is 1. The lowest BCUT2D eigenvalue weighted by Crippen LogP contribution is -2.42. The molecule has 4 rings (SSSR count). The lowest BCUT2D eigenvalue weighted by Gasteiger charge is -2.34. The lowest BCUT2D eigenvalue weighted by atomic mass is 9.96. The van der Waals surface area contributed by atoms with E-state index in [4.69, 9.17) is 0 Å². The minimum atomic E-state index is -4.86. The summed E-state index contributed by atoms with van der Waals surface area (Å²) in [6.07, 6.45) is -0.703. The molecule has 11 heteroatoms. The van der Waals surface area contributed by atoms with E-state index >= 15 is 0 Å². The topological polar surface area (TPSA) is 104 Å². The maximum atomic E-state index is 13.1. The maximum Gasteiger partial charge on any atom is 0.573 e. The fourth-order valence-electron chi connectivity index (χ4n) is 5.24. The first-order chi connectivity index (χ1) is 20.0. The van der Waals surface area contributed by atoms with Crippen molar-refractivity contribution in [1.82, 2.24) is 10.3 Å². The van der Waals surface area contributed by atoms with Crippen molar-refractivity contribution in [1.29, 1.82) is 0 Å². The minimum absolute atomic E-state index is 0.0540. The molecule has 0 spiro atoms. The van der Waals surface area contributed by atoms with Crippen LogP contribution in [0.3, 0.4) is 0 Å². The number of pyridine rings is 1. The van der Waals surface area contributed by atoms with Crippen LogP contribution in [0.4, 0.5) is 24.7 Å². The number of ether oxygens (including phenoxy) is 1. The summed E-state index contributed by atoms with van der Waals surface area (Å²) in [5.41, 5.74) is 2.53. The van der Waals surface area contributed by atoms with Gasteiger partial charge in [0.1, 0.15) is 17.6 Å². The van der Waals surface area contributed by atoms with Gasteiger partial charge in [-0.25, -0.2) is 9.78 Å². The molecule has 3 aromatic rings. The molecule has 224 valence electrons. The van der Waals surface area contributed by atoms with Crippen LogP contribution in [0.2, 0.25) is 0 Å². The average Bonchev–Trinajstić information content (AvgIpc) is 2.95. The van der Waals surface area contributed by atoms with Crippen molar-refractivity contribution in [3.63, 3.8) is 0 Å². The van der Waals surface area contributed by atoms with Crippen LogP contribution in [0.1, 0.15) is 46.8 Å². The molecule has 1 aromatic heterocycles. The Morgan fingerprint density at radius 3 is 2.43 bits per heavy atom. The molecule has 42 heavy (non-hydrogen) atoms. The summed E-state index contributed by atoms with van der Waals surface area (Å²) in [5, 5.41) is 15.8. The molecular formula is C31H35F3N4O4. The molecule has 1 aliphatic rings. The quantitative estimate of drug-likeness (QED) is 0.269. The van der Waals surface area contributed by atoms with Crippen molar-refractivity contribution in [3.05, 3.63) is 83.0 Å². The largest absolute Gasteiger partial charge is 0.573 e. The summed E-state index contributed by atoms with van der Waals surface area (Å²) in [4.78, 5) is 31.7. The Kier molecular flexibility index (Phi) is 9.92. The molecular weight excluding hydrogens is 549 g/mol. The monoisotopic (exact) mass is 584 g/mol. The van der Waals surface area contributed by atoms with Gasteiger partial charge in [-0.2, -0.15) is 0 Å². The third-order valence-corrected chi connectivity index (χ3v) is 7.43. The summed E-state index contributed by atoms with van der Waals surface area (Å²) in [5.74, 6) is -0.865. The van der Waals surface area contributed by atoms with Crippen LogP contribution in [-0.2, 0) is 17.6 Å². The normalized spacial score (nSPS) is 14.7. The van der Waals surface area contributed by atoms with Gasteiger partial charge in [-0.05, 0) is 85.2 Å². The zero-order chi connectivity index (χ0) is 30.3. The van der Waals surface area contributed by atoms with E-state index in [0.29, 0.717) is 11.5 Å². The van der Waals surface area contributed by atoms with Gasteiger partial charge in [-0.15, -0.1) is 13.2 Å². The summed E-state index contributed by atoms with van der Waals surface area (Å²) in [6, 6.07) is 14.5. The van der Waals surface area contributed by atoms with E-state index in [1.807, 2.05) is 42.5 Å². The molecule has 1 unspecified atom stereocenters. The first-order valence-corrected chi connectivity index (χ1v) is 13.9. The maximum absolute atomic E-state index is 13.1. The molecule has 1 saturated heterocycles. The number of nitrogens with zero attached hydrogens (tertiary/aromatic N) is 2. The number of aromatic nitrogens is 1. The van der Waals surface area contributed by atoms with Crippen LogP contribution >= 0.6 is 0 Å². The fourth-order valence-corrected chi connectivity index (χ4v) is 5.24. The average molecular weight is 585 g/mol. The van der Waals surface area contributed by atoms with E-state index < -0.39 is 30.0 Å². The zero-order valence-corrected chi connectivity index (χ0v) is 23.6. The molecule has 1 amide bonds. The number of aryl methyl sites for hydroxylation is 2. The van der Waals surface area contributed by atoms with Gasteiger partial charge < -0.3 is 25.4 Å². The second-order valence-electron chi connectivity index (χ2n) is 10.4. The van der Waals surface area contributed by atoms with E-state index in [9.17, 15) is 27.9 Å². The number of benzene rings is 2. The number of hydrogen-bond donors (Lipinski definition) is 3. The molecule has 1 atom stereocenters. The number of carboxylic acids is 1. The fraction of sp³-hybridized carbons (Fsp3) is 0.387. The number of carboxylic acid groups (broad SMARTS) is 1. The van der Waals surface area contributed by atoms with Gasteiger partial charge in [0.15, 0.2) is 0 Å². The Morgan fingerprint density at radius 2 is 1.83 bits per heavy atom. The second kappa shape index (κ2) is 13.6. The molecule has 1 fully saturated rings. The SMILES string of the molecule is CCc1cc(OC(F)(F)F)cc(C)c1C(=O)NC(Cc1ccc(N2CCC(CNc3ccccn3)CC2)cc1)C(=O)O. The van der Waals surface area contributed by atoms with Crippen molar-refractivity contribution in [2.75, 3.05) is 29.9 Å². The Morgan fingerprint density at radius 1 is 1.12 bits per heavy atom. The number of rotatable bonds is 11. The smallest absolute Gasteiger partial charge is 0.480 e. The number of hydrogen-bond acceptors (Lipinski definition) is 6. The number of alkyl halides is 3. The van der Waals surface area contributed by atoms with Gasteiger partial charge in [-0.1, -0.05) is 25.1 Å². The van der Waals surface area contributed by atoms with Gasteiger partial charge in [0.25, 0.3) is 5.91 Å². The summed E-state index contributed by atoms with van der Waals surface area (Å²) in [7, 11) is 0. The Balaban J connectivity index is 1.34. The number of halogens is 3. The molecule has 0 bridgehead atoms. The van der Waals surface area contributed by atoms with Crippen molar-refractivity contribution in [2.24, 2.45) is 5.92 Å². The van der Waals surface area contributed by atoms with Crippen LogP contribution < -0.4 is 20.3 Å². The Bertz CT molecular complexity index is 1360. The lowest BCUT2D eigenvalue weighted by molar-refractivity contribution is -0.274. The van der Waals surface area contributed by atoms with E-state index in [2.05, 4.69) is 25.3 Å². The molecule has 1 aliphatic heterocycles. The van der Waals surface area contributed by atoms with Gasteiger partial charge in [-0.3, -0.25) is 4.79 Å². The molecule has 0 radical (unpaired) electrons. The molecule has 3 N–H and O–H groups in total. The van der Waals surface area contributed by atoms with Crippen LogP contribution in [0, 0.1) is 12.8 Å². The Hall–Kier alpha value is -4.28. The standard InChI is InChI=1S/C31H35F3N4O4/c1-3-23-18-25(42-31(32,33)34)16-20(2)28(23)29(39)37-26(30(40)41)17-21-7-9-24(10-8-21)38-14-11-22(12-15-38)19-36-27-6-4-5-13-35-27/h4-10,13,16,18,22,26H,3,11-12,14-15,17,19H2,1-2H3,(H,35,36)(H,37,39)(H,40,41). The van der Waals surface area contributed by atoms with Crippen LogP contribution in [0.5, 0.6) is 5.75 Å². The van der Waals surface area contributed by atoms with Crippen LogP contribution in [0.15, 0.2) is 60.8 Å². The van der Waals surface area contributed by atoms with Gasteiger partial charge in [0, 0.05) is 43.5 Å². The van der Waals surface area contributed by atoms with E-state index in [-0.39, 0.29) is 24.0 Å². The molecule has 0 saturated carbocycles. The van der Waals surface area contributed by atoms with Gasteiger partial charge in [0.05, 0.1) is 0 Å². The summed E-state index contributed by atoms with van der Waals surface area (Å²) >= 11 is 0. The number of piperidine rings is 1. The van der Waals surface area contributed by atoms with Crippen molar-refractivity contribution < 1.29 is 32.6 Å². The second-order valence-corrected chi connectivity index (χ2v) is 10.4. The molecule has 8 nitrogen and oxygen atoms in total. The van der Waals surface area contributed by atoms with Crippen LogP contribution in [0.25, 0.3) is 0 Å². The van der Waals surface area contributed by atoms with Crippen molar-refractivity contribution >= 4 is 23.4 Å². The molecule has 0 aliphatic carbocycles. The van der Waals surface area contributed by atoms with Crippen molar-refractivity contribution in [2.45, 2.75) is 51.9 Å². The molecule has 2 heterocycles. The minimum Gasteiger partial charge on any atom is -0.480 e. The predicted molar refractivity (Wildman–Crippen MR) is 154 cm³/mol. The Labute approximate surface area is 242 Å². The third-order valence-electron chi connectivity index (χ3n) is 7.43. The predicted octanol–water partition coefficient (Wildman–Crippen LogP) is 5.61. The number of amides is 1. The number of anilines is 2. The highest BCUT2D eigenvalue weighted by molar-refractivity contribution is 5.99. The highest BCUT2D eigenvalue weighted by Crippen LogP contribution is 2.28. The summed E-state index contributed by atoms with van der Waals surface area (Å²) in [6.45, 7) is 5.88. The van der Waals surface area contributed by atoms with Crippen molar-refractivity contribution in [3.8, 4) is 5.75 Å². The van der Waals surface area contributed by atoms with Crippen LogP contribution in [-0.4, -0.2) is 54.0 Å². The zero-order valence-electron chi connectivity index (χ0n) is 23.6. The summed E-state index contributed by atoms with van der Waals surface area (Å²) < 4.78 is 42.1. The van der Waals surface area contributed by atoms with Gasteiger partial charge in [0.2, 0.25) is 0 Å². The number of nitrogens with one attached hydrogen (secondary N) is 2. The first-order valence-electron chi connectivity index (χ1n) is 13.9. The number of carbonyl (C=O) groups is 2. The highest BCUT2D eigenvalue weighted by atomic mass is 19.4. The first kappa shape index (κ1) is 30.7. The van der Waals surface area contributed by atoms with E-state index in [0.717, 1.165) is 61.7 Å².